The fourth-order valence-electron chi connectivity index (χ4n) is 1.91. The highest BCUT2D eigenvalue weighted by atomic mass is 16.3. The zero-order chi connectivity index (χ0) is 12.1. The zero-order valence-electron chi connectivity index (χ0n) is 10.4. The molecular formula is C15H19NO. The fourth-order valence-corrected chi connectivity index (χ4v) is 1.91. The van der Waals surface area contributed by atoms with Gasteiger partial charge in [-0.3, -0.25) is 0 Å². The van der Waals surface area contributed by atoms with Crippen LogP contribution in [0.25, 0.3) is 0 Å². The molecule has 0 aliphatic carbocycles. The van der Waals surface area contributed by atoms with Gasteiger partial charge in [0.1, 0.15) is 0 Å². The maximum atomic E-state index is 5.08. The van der Waals surface area contributed by atoms with Gasteiger partial charge in [0, 0.05) is 11.3 Å². The van der Waals surface area contributed by atoms with Gasteiger partial charge in [0.05, 0.1) is 18.6 Å². The summed E-state index contributed by atoms with van der Waals surface area (Å²) in [4.78, 5) is 0. The average molecular weight is 229 g/mol. The fraction of sp³-hybridized carbons (Fsp3) is 0.333. The van der Waals surface area contributed by atoms with Crippen LogP contribution in [0.4, 0.5) is 5.69 Å². The van der Waals surface area contributed by atoms with Gasteiger partial charge in [-0.2, -0.15) is 0 Å². The number of hydrogen-bond acceptors (Lipinski definition) is 2. The molecule has 0 aliphatic rings. The lowest BCUT2D eigenvalue weighted by Crippen LogP contribution is -2.05. The van der Waals surface area contributed by atoms with E-state index in [0.29, 0.717) is 0 Å². The molecule has 0 fully saturated rings. The monoisotopic (exact) mass is 229 g/mol. The molecule has 1 atom stereocenters. The Bertz CT molecular complexity index is 430. The molecule has 2 aromatic rings. The minimum absolute atomic E-state index is 0.269. The summed E-state index contributed by atoms with van der Waals surface area (Å²) in [5.41, 5.74) is 3.72. The van der Waals surface area contributed by atoms with E-state index in [4.69, 9.17) is 4.42 Å². The third-order valence-electron chi connectivity index (χ3n) is 2.92. The predicted molar refractivity (Wildman–Crippen MR) is 71.2 cm³/mol. The van der Waals surface area contributed by atoms with Gasteiger partial charge in [-0.05, 0) is 37.1 Å². The number of benzene rings is 1. The van der Waals surface area contributed by atoms with Gasteiger partial charge in [-0.15, -0.1) is 0 Å². The Labute approximate surface area is 103 Å². The van der Waals surface area contributed by atoms with Crippen molar-refractivity contribution in [3.8, 4) is 0 Å². The molecule has 1 aromatic heterocycles. The van der Waals surface area contributed by atoms with E-state index in [0.717, 1.165) is 12.1 Å². The zero-order valence-corrected chi connectivity index (χ0v) is 10.4. The molecule has 1 N–H and O–H groups in total. The van der Waals surface area contributed by atoms with E-state index < -0.39 is 0 Å². The average Bonchev–Trinajstić information content (AvgIpc) is 2.86. The summed E-state index contributed by atoms with van der Waals surface area (Å²) in [5, 5.41) is 3.45. The van der Waals surface area contributed by atoms with Crippen LogP contribution in [0.15, 0.2) is 47.3 Å². The highest BCUT2D eigenvalue weighted by molar-refractivity contribution is 5.46. The first-order valence-electron chi connectivity index (χ1n) is 6.17. The van der Waals surface area contributed by atoms with Gasteiger partial charge in [-0.25, -0.2) is 0 Å². The largest absolute Gasteiger partial charge is 0.472 e. The topological polar surface area (TPSA) is 25.2 Å². The molecule has 0 saturated heterocycles. The van der Waals surface area contributed by atoms with Crippen molar-refractivity contribution in [3.63, 3.8) is 0 Å². The van der Waals surface area contributed by atoms with Gasteiger partial charge in [0.15, 0.2) is 0 Å². The van der Waals surface area contributed by atoms with Crippen molar-refractivity contribution in [2.24, 2.45) is 0 Å². The Hall–Kier alpha value is -1.70. The van der Waals surface area contributed by atoms with E-state index >= 15 is 0 Å². The van der Waals surface area contributed by atoms with Crippen molar-refractivity contribution >= 4 is 5.69 Å². The van der Waals surface area contributed by atoms with Gasteiger partial charge >= 0.3 is 0 Å². The minimum Gasteiger partial charge on any atom is -0.472 e. The molecule has 1 aromatic carbocycles. The lowest BCUT2D eigenvalue weighted by atomic mass is 10.1. The lowest BCUT2D eigenvalue weighted by Gasteiger charge is -2.13. The molecular weight excluding hydrogens is 210 g/mol. The van der Waals surface area contributed by atoms with Crippen LogP contribution in [0.5, 0.6) is 0 Å². The predicted octanol–water partition coefficient (Wildman–Crippen LogP) is 4.41. The maximum absolute atomic E-state index is 5.08. The van der Waals surface area contributed by atoms with E-state index in [9.17, 15) is 0 Å². The van der Waals surface area contributed by atoms with E-state index in [2.05, 4.69) is 43.4 Å². The summed E-state index contributed by atoms with van der Waals surface area (Å²) >= 11 is 0. The molecule has 1 heterocycles. The van der Waals surface area contributed by atoms with Crippen molar-refractivity contribution in [2.45, 2.75) is 32.7 Å². The summed E-state index contributed by atoms with van der Waals surface area (Å²) in [6, 6.07) is 10.9. The molecule has 2 rings (SSSR count). The van der Waals surface area contributed by atoms with Crippen LogP contribution in [0.3, 0.4) is 0 Å². The number of rotatable bonds is 5. The van der Waals surface area contributed by atoms with Crippen LogP contribution in [0.2, 0.25) is 0 Å². The van der Waals surface area contributed by atoms with Crippen LogP contribution in [0.1, 0.15) is 37.4 Å². The van der Waals surface area contributed by atoms with E-state index in [1.54, 1.807) is 12.5 Å². The standard InChI is InChI=1S/C15H19NO/c1-3-4-13-5-7-15(8-6-13)16-12(2)14-9-10-17-11-14/h5-12,16H,3-4H2,1-2H3. The van der Waals surface area contributed by atoms with Crippen molar-refractivity contribution < 1.29 is 4.42 Å². The summed E-state index contributed by atoms with van der Waals surface area (Å²) in [7, 11) is 0. The van der Waals surface area contributed by atoms with Gasteiger partial charge in [0.2, 0.25) is 0 Å². The second-order valence-electron chi connectivity index (χ2n) is 4.37. The minimum atomic E-state index is 0.269. The number of hydrogen-bond donors (Lipinski definition) is 1. The Morgan fingerprint density at radius 2 is 1.94 bits per heavy atom. The number of furan rings is 1. The number of aryl methyl sites for hydroxylation is 1. The van der Waals surface area contributed by atoms with Crippen molar-refractivity contribution in [2.75, 3.05) is 5.32 Å². The molecule has 2 heteroatoms. The maximum Gasteiger partial charge on any atom is 0.0955 e. The second-order valence-corrected chi connectivity index (χ2v) is 4.37. The quantitative estimate of drug-likeness (QED) is 0.821. The van der Waals surface area contributed by atoms with Crippen LogP contribution in [-0.4, -0.2) is 0 Å². The number of nitrogens with one attached hydrogen (secondary N) is 1. The van der Waals surface area contributed by atoms with E-state index in [1.807, 2.05) is 6.07 Å². The molecule has 1 unspecified atom stereocenters. The smallest absolute Gasteiger partial charge is 0.0955 e. The molecule has 17 heavy (non-hydrogen) atoms. The Balaban J connectivity index is 1.99. The summed E-state index contributed by atoms with van der Waals surface area (Å²) in [6.45, 7) is 4.33. The van der Waals surface area contributed by atoms with E-state index in [-0.39, 0.29) is 6.04 Å². The first kappa shape index (κ1) is 11.8. The third-order valence-corrected chi connectivity index (χ3v) is 2.92. The van der Waals surface area contributed by atoms with Gasteiger partial charge < -0.3 is 9.73 Å². The second kappa shape index (κ2) is 5.58. The van der Waals surface area contributed by atoms with Gasteiger partial charge in [-0.1, -0.05) is 25.5 Å². The Morgan fingerprint density at radius 3 is 2.53 bits per heavy atom. The molecule has 0 aliphatic heterocycles. The molecule has 90 valence electrons. The first-order chi connectivity index (χ1) is 8.29. The summed E-state index contributed by atoms with van der Waals surface area (Å²) in [5.74, 6) is 0. The molecule has 2 nitrogen and oxygen atoms in total. The SMILES string of the molecule is CCCc1ccc(NC(C)c2ccoc2)cc1. The van der Waals surface area contributed by atoms with Crippen molar-refractivity contribution in [1.82, 2.24) is 0 Å². The number of anilines is 1. The molecule has 0 radical (unpaired) electrons. The van der Waals surface area contributed by atoms with Crippen LogP contribution >= 0.6 is 0 Å². The van der Waals surface area contributed by atoms with E-state index in [1.165, 1.54) is 17.5 Å². The van der Waals surface area contributed by atoms with Gasteiger partial charge in [0.25, 0.3) is 0 Å². The van der Waals surface area contributed by atoms with Crippen LogP contribution in [-0.2, 0) is 6.42 Å². The van der Waals surface area contributed by atoms with Crippen molar-refractivity contribution in [3.05, 3.63) is 54.0 Å². The highest BCUT2D eigenvalue weighted by Crippen LogP contribution is 2.20. The lowest BCUT2D eigenvalue weighted by molar-refractivity contribution is 0.562. The van der Waals surface area contributed by atoms with Crippen LogP contribution < -0.4 is 5.32 Å². The third kappa shape index (κ3) is 3.13. The molecule has 0 saturated carbocycles. The molecule has 0 bridgehead atoms. The Morgan fingerprint density at radius 1 is 1.18 bits per heavy atom. The Kier molecular flexibility index (Phi) is 3.86. The molecule has 0 amide bonds. The summed E-state index contributed by atoms with van der Waals surface area (Å²) in [6.07, 6.45) is 5.83. The summed E-state index contributed by atoms with van der Waals surface area (Å²) < 4.78 is 5.08. The normalized spacial score (nSPS) is 12.4. The highest BCUT2D eigenvalue weighted by Gasteiger charge is 2.05. The van der Waals surface area contributed by atoms with Crippen LogP contribution in [0, 0.1) is 0 Å². The molecule has 0 spiro atoms. The first-order valence-corrected chi connectivity index (χ1v) is 6.17. The van der Waals surface area contributed by atoms with Crippen molar-refractivity contribution in [1.29, 1.82) is 0 Å².